The molecule has 0 aliphatic carbocycles. The van der Waals surface area contributed by atoms with E-state index in [1.54, 1.807) is 0 Å². The van der Waals surface area contributed by atoms with Gasteiger partial charge in [-0.2, -0.15) is 0 Å². The van der Waals surface area contributed by atoms with Crippen LogP contribution in [-0.4, -0.2) is 11.4 Å². The molecule has 0 fully saturated rings. The standard InChI is InChI=1S/C2H3Cl2O.O.V/c3-2(4)1-5;;/h2H,1H2;;/q-1;;+1. The van der Waals surface area contributed by atoms with Crippen LogP contribution in [0, 0.1) is 0 Å². The van der Waals surface area contributed by atoms with Crippen molar-refractivity contribution in [2.45, 2.75) is 4.84 Å². The predicted molar refractivity (Wildman–Crippen MR) is 22.1 cm³/mol. The third kappa shape index (κ3) is 6.92. The van der Waals surface area contributed by atoms with E-state index in [1.165, 1.54) is 0 Å². The fourth-order valence-corrected chi connectivity index (χ4v) is 0.822. The second-order valence-corrected chi connectivity index (χ2v) is 2.67. The molecule has 0 aliphatic rings. The number of rotatable bonds is 3. The van der Waals surface area contributed by atoms with Gasteiger partial charge in [-0.15, -0.1) is 0 Å². The maximum absolute atomic E-state index is 9.59. The summed E-state index contributed by atoms with van der Waals surface area (Å²) in [5.41, 5.74) is 0. The minimum atomic E-state index is -1.23. The summed E-state index contributed by atoms with van der Waals surface area (Å²) in [7, 11) is 0. The Morgan fingerprint density at radius 1 is 1.71 bits per heavy atom. The molecule has 0 amide bonds. The van der Waals surface area contributed by atoms with Crippen LogP contribution in [0.5, 0.6) is 0 Å². The third-order valence-electron chi connectivity index (χ3n) is 0.253. The molecule has 0 aromatic carbocycles. The zero-order valence-electron chi connectivity index (χ0n) is 3.30. The first-order valence-corrected chi connectivity index (χ1v) is 3.51. The Hall–Kier alpha value is 0.924. The van der Waals surface area contributed by atoms with Gasteiger partial charge in [-0.1, -0.05) is 0 Å². The first kappa shape index (κ1) is 7.92. The first-order chi connectivity index (χ1) is 3.27. The summed E-state index contributed by atoms with van der Waals surface area (Å²) in [5, 5.41) is 0. The Labute approximate surface area is 58.8 Å². The molecule has 0 atom stereocenters. The van der Waals surface area contributed by atoms with Crippen LogP contribution in [0.4, 0.5) is 0 Å². The number of alkyl halides is 2. The molecule has 0 heterocycles. The van der Waals surface area contributed by atoms with Gasteiger partial charge in [0.05, 0.1) is 0 Å². The van der Waals surface area contributed by atoms with E-state index in [2.05, 4.69) is 3.66 Å². The molecule has 5 heteroatoms. The molecule has 0 radical (unpaired) electrons. The number of halogens is 2. The van der Waals surface area contributed by atoms with Crippen molar-refractivity contribution in [3.05, 3.63) is 0 Å². The van der Waals surface area contributed by atoms with E-state index in [0.29, 0.717) is 0 Å². The topological polar surface area (TPSA) is 26.3 Å². The summed E-state index contributed by atoms with van der Waals surface area (Å²) in [5.74, 6) is 0. The molecule has 0 aliphatic heterocycles. The van der Waals surface area contributed by atoms with Crippen LogP contribution in [0.2, 0.25) is 0 Å². The van der Waals surface area contributed by atoms with Gasteiger partial charge in [0.2, 0.25) is 0 Å². The molecule has 0 saturated heterocycles. The molecule has 0 rings (SSSR count). The molecule has 7 heavy (non-hydrogen) atoms. The number of hydrogen-bond acceptors (Lipinski definition) is 2. The van der Waals surface area contributed by atoms with Crippen molar-refractivity contribution >= 4 is 23.2 Å². The quantitative estimate of drug-likeness (QED) is 0.610. The fourth-order valence-electron chi connectivity index (χ4n) is 0.0868. The molecule has 0 aromatic heterocycles. The van der Waals surface area contributed by atoms with Gasteiger partial charge in [-0.05, 0) is 0 Å². The predicted octanol–water partition coefficient (Wildman–Crippen LogP) is 1.15. The van der Waals surface area contributed by atoms with Crippen molar-refractivity contribution in [1.82, 2.24) is 0 Å². The van der Waals surface area contributed by atoms with E-state index < -0.39 is 21.4 Å². The van der Waals surface area contributed by atoms with Crippen molar-refractivity contribution in [2.24, 2.45) is 0 Å². The number of hydrogen-bond donors (Lipinski definition) is 0. The van der Waals surface area contributed by atoms with Crippen molar-refractivity contribution in [1.29, 1.82) is 0 Å². The van der Waals surface area contributed by atoms with Gasteiger partial charge in [-0.3, -0.25) is 0 Å². The third-order valence-corrected chi connectivity index (χ3v) is 0.903. The Balaban J connectivity index is 2.81. The maximum atomic E-state index is 9.59. The van der Waals surface area contributed by atoms with Crippen LogP contribution in [-0.2, 0) is 23.9 Å². The van der Waals surface area contributed by atoms with Crippen LogP contribution in [0.25, 0.3) is 0 Å². The normalized spacial score (nSPS) is 9.57. The van der Waals surface area contributed by atoms with Gasteiger partial charge in [0.25, 0.3) is 0 Å². The van der Waals surface area contributed by atoms with Crippen LogP contribution in [0.3, 0.4) is 0 Å². The zero-order chi connectivity index (χ0) is 5.70. The van der Waals surface area contributed by atoms with Crippen LogP contribution < -0.4 is 0 Å². The summed E-state index contributed by atoms with van der Waals surface area (Å²) in [6, 6.07) is 0. The summed E-state index contributed by atoms with van der Waals surface area (Å²) >= 11 is 9.12. The van der Waals surface area contributed by atoms with Crippen LogP contribution >= 0.6 is 23.2 Å². The second-order valence-electron chi connectivity index (χ2n) is 0.761. The zero-order valence-corrected chi connectivity index (χ0v) is 6.21. The molecular weight excluding hydrogens is 178 g/mol. The fraction of sp³-hybridized carbons (Fsp3) is 1.00. The van der Waals surface area contributed by atoms with E-state index in [0.717, 1.165) is 0 Å². The van der Waals surface area contributed by atoms with E-state index in [-0.39, 0.29) is 6.61 Å². The molecule has 0 saturated carbocycles. The molecule has 0 bridgehead atoms. The van der Waals surface area contributed by atoms with Gasteiger partial charge >= 0.3 is 58.6 Å². The van der Waals surface area contributed by atoms with Gasteiger partial charge in [0.15, 0.2) is 0 Å². The molecule has 42 valence electrons. The average Bonchev–Trinajstić information content (AvgIpc) is 1.61. The van der Waals surface area contributed by atoms with Crippen LogP contribution in [0.15, 0.2) is 0 Å². The van der Waals surface area contributed by atoms with Gasteiger partial charge in [-0.25, -0.2) is 0 Å². The van der Waals surface area contributed by atoms with Gasteiger partial charge < -0.3 is 0 Å². The molecular formula is C2H3Cl2O2V. The Morgan fingerprint density at radius 2 is 2.29 bits per heavy atom. The molecule has 0 unspecified atom stereocenters. The molecule has 0 spiro atoms. The monoisotopic (exact) mass is 180 g/mol. The first-order valence-electron chi connectivity index (χ1n) is 1.50. The van der Waals surface area contributed by atoms with E-state index >= 15 is 0 Å². The van der Waals surface area contributed by atoms with Gasteiger partial charge in [0.1, 0.15) is 0 Å². The Bertz CT molecular complexity index is 57.7. The van der Waals surface area contributed by atoms with E-state index in [1.807, 2.05) is 0 Å². The van der Waals surface area contributed by atoms with Crippen molar-refractivity contribution in [2.75, 3.05) is 6.61 Å². The SMILES string of the molecule is [O]=[V][O]CC(Cl)Cl. The van der Waals surface area contributed by atoms with Crippen molar-refractivity contribution in [3.63, 3.8) is 0 Å². The Kier molecular flexibility index (Phi) is 5.74. The second kappa shape index (κ2) is 5.07. The van der Waals surface area contributed by atoms with E-state index in [4.69, 9.17) is 23.2 Å². The summed E-state index contributed by atoms with van der Waals surface area (Å²) < 4.78 is 14.0. The van der Waals surface area contributed by atoms with Crippen LogP contribution in [0.1, 0.15) is 0 Å². The Morgan fingerprint density at radius 3 is 2.43 bits per heavy atom. The van der Waals surface area contributed by atoms with Crippen molar-refractivity contribution < 1.29 is 23.9 Å². The van der Waals surface area contributed by atoms with E-state index in [9.17, 15) is 3.67 Å². The summed E-state index contributed by atoms with van der Waals surface area (Å²) in [6.07, 6.45) is 0. The average molecular weight is 181 g/mol. The summed E-state index contributed by atoms with van der Waals surface area (Å²) in [4.78, 5) is -0.552. The molecule has 2 nitrogen and oxygen atoms in total. The molecule has 0 N–H and O–H groups in total. The van der Waals surface area contributed by atoms with Gasteiger partial charge in [0, 0.05) is 0 Å². The van der Waals surface area contributed by atoms with Crippen molar-refractivity contribution in [3.8, 4) is 0 Å². The minimum absolute atomic E-state index is 0.159. The summed E-state index contributed by atoms with van der Waals surface area (Å²) in [6.45, 7) is 0.159. The molecule has 0 aromatic rings.